The smallest absolute Gasteiger partial charge is 0.317 e. The molecule has 1 aliphatic carbocycles. The van der Waals surface area contributed by atoms with Crippen LogP contribution in [-0.2, 0) is 14.8 Å². The molecule has 0 aromatic carbocycles. The van der Waals surface area contributed by atoms with Crippen LogP contribution >= 0.6 is 0 Å². The number of ether oxygens (including phenoxy) is 1. The van der Waals surface area contributed by atoms with Crippen molar-refractivity contribution in [1.29, 1.82) is 0 Å². The van der Waals surface area contributed by atoms with Gasteiger partial charge >= 0.3 is 6.03 Å². The van der Waals surface area contributed by atoms with E-state index in [9.17, 15) is 13.2 Å². The third-order valence-electron chi connectivity index (χ3n) is 5.67. The van der Waals surface area contributed by atoms with Crippen molar-refractivity contribution >= 4 is 16.1 Å². The largest absolute Gasteiger partial charge is 0.376 e. The first kappa shape index (κ1) is 18.9. The van der Waals surface area contributed by atoms with Crippen molar-refractivity contribution < 1.29 is 17.9 Å². The fourth-order valence-corrected chi connectivity index (χ4v) is 5.64. The van der Waals surface area contributed by atoms with Crippen molar-refractivity contribution in [1.82, 2.24) is 14.5 Å². The number of hydrogen-bond donors (Lipinski definition) is 1. The van der Waals surface area contributed by atoms with E-state index in [1.54, 1.807) is 4.31 Å². The highest BCUT2D eigenvalue weighted by atomic mass is 32.2. The molecule has 0 unspecified atom stereocenters. The molecule has 2 saturated heterocycles. The zero-order valence-corrected chi connectivity index (χ0v) is 16.0. The molecule has 0 spiro atoms. The number of amides is 2. The van der Waals surface area contributed by atoms with Gasteiger partial charge in [-0.15, -0.1) is 0 Å². The molecule has 3 rings (SSSR count). The van der Waals surface area contributed by atoms with Crippen LogP contribution in [0.2, 0.25) is 0 Å². The molecular formula is C17H31N3O4S. The first-order valence-corrected chi connectivity index (χ1v) is 11.4. The topological polar surface area (TPSA) is 79.0 Å². The minimum atomic E-state index is -3.20. The van der Waals surface area contributed by atoms with Gasteiger partial charge in [0.2, 0.25) is 10.0 Å². The van der Waals surface area contributed by atoms with Gasteiger partial charge in [0.25, 0.3) is 0 Å². The Bertz CT molecular complexity index is 558. The van der Waals surface area contributed by atoms with Crippen LogP contribution in [0.25, 0.3) is 0 Å². The van der Waals surface area contributed by atoms with Gasteiger partial charge in [0, 0.05) is 38.3 Å². The Hall–Kier alpha value is -0.860. The molecule has 25 heavy (non-hydrogen) atoms. The van der Waals surface area contributed by atoms with E-state index in [1.807, 2.05) is 4.90 Å². The number of urea groups is 1. The lowest BCUT2D eigenvalue weighted by molar-refractivity contribution is 0.109. The van der Waals surface area contributed by atoms with Crippen LogP contribution < -0.4 is 5.32 Å². The summed E-state index contributed by atoms with van der Waals surface area (Å²) in [7, 11) is -3.20. The highest BCUT2D eigenvalue weighted by molar-refractivity contribution is 7.88. The summed E-state index contributed by atoms with van der Waals surface area (Å²) in [5.41, 5.74) is 0. The number of likely N-dealkylation sites (tertiary alicyclic amines) is 1. The lowest BCUT2D eigenvalue weighted by atomic mass is 9.91. The molecule has 3 aliphatic rings. The summed E-state index contributed by atoms with van der Waals surface area (Å²) in [6.45, 7) is 2.65. The predicted octanol–water partition coefficient (Wildman–Crippen LogP) is 1.54. The quantitative estimate of drug-likeness (QED) is 0.793. The molecule has 1 saturated carbocycles. The maximum Gasteiger partial charge on any atom is 0.317 e. The van der Waals surface area contributed by atoms with Crippen molar-refractivity contribution in [3.63, 3.8) is 0 Å². The summed E-state index contributed by atoms with van der Waals surface area (Å²) in [6.07, 6.45) is 8.98. The summed E-state index contributed by atoms with van der Waals surface area (Å²) in [4.78, 5) is 14.2. The molecule has 0 aromatic rings. The lowest BCUT2D eigenvalue weighted by Crippen LogP contribution is -2.50. The molecular weight excluding hydrogens is 342 g/mol. The Labute approximate surface area is 151 Å². The maximum atomic E-state index is 12.4. The van der Waals surface area contributed by atoms with E-state index < -0.39 is 10.0 Å². The second-order valence-corrected chi connectivity index (χ2v) is 9.46. The van der Waals surface area contributed by atoms with E-state index >= 15 is 0 Å². The number of sulfonamides is 1. The van der Waals surface area contributed by atoms with E-state index in [4.69, 9.17) is 4.74 Å². The van der Waals surface area contributed by atoms with Crippen molar-refractivity contribution in [2.24, 2.45) is 0 Å². The van der Waals surface area contributed by atoms with Crippen molar-refractivity contribution in [3.8, 4) is 0 Å². The SMILES string of the molecule is CS(=O)(=O)N(C1CCC1)[C@@H]1CCCN(C(=O)NC[C@@H]2CCCO2)CC1. The number of carbonyl (C=O) groups excluding carboxylic acids is 1. The van der Waals surface area contributed by atoms with E-state index in [-0.39, 0.29) is 24.2 Å². The van der Waals surface area contributed by atoms with Crippen LogP contribution in [0.3, 0.4) is 0 Å². The van der Waals surface area contributed by atoms with Crippen LogP contribution in [0.1, 0.15) is 51.4 Å². The van der Waals surface area contributed by atoms with Crippen molar-refractivity contribution in [2.45, 2.75) is 69.6 Å². The average molecular weight is 374 g/mol. The van der Waals surface area contributed by atoms with Gasteiger partial charge in [-0.25, -0.2) is 13.2 Å². The zero-order valence-electron chi connectivity index (χ0n) is 15.2. The Morgan fingerprint density at radius 1 is 1.08 bits per heavy atom. The van der Waals surface area contributed by atoms with Gasteiger partial charge in [-0.2, -0.15) is 4.31 Å². The fourth-order valence-electron chi connectivity index (χ4n) is 4.14. The number of nitrogens with one attached hydrogen (secondary N) is 1. The molecule has 7 nitrogen and oxygen atoms in total. The van der Waals surface area contributed by atoms with Gasteiger partial charge in [0.1, 0.15) is 0 Å². The van der Waals surface area contributed by atoms with Crippen LogP contribution in [0.4, 0.5) is 4.79 Å². The first-order chi connectivity index (χ1) is 11.9. The van der Waals surface area contributed by atoms with E-state index in [2.05, 4.69) is 5.32 Å². The third-order valence-corrected chi connectivity index (χ3v) is 7.03. The highest BCUT2D eigenvalue weighted by Crippen LogP contribution is 2.31. The van der Waals surface area contributed by atoms with E-state index in [0.717, 1.165) is 58.0 Å². The standard InChI is InChI=1S/C17H31N3O4S/c1-25(22,23)20(14-5-2-6-14)15-7-3-10-19(11-9-15)17(21)18-13-16-8-4-12-24-16/h14-16H,2-13H2,1H3,(H,18,21)/t15-,16+/m1/s1. The number of carbonyl (C=O) groups is 1. The lowest BCUT2D eigenvalue weighted by Gasteiger charge is -2.40. The summed E-state index contributed by atoms with van der Waals surface area (Å²) in [5.74, 6) is 0. The summed E-state index contributed by atoms with van der Waals surface area (Å²) in [5, 5.41) is 2.97. The van der Waals surface area contributed by atoms with Crippen LogP contribution in [0.5, 0.6) is 0 Å². The third kappa shape index (κ3) is 4.86. The molecule has 2 atom stereocenters. The zero-order chi connectivity index (χ0) is 17.9. The minimum Gasteiger partial charge on any atom is -0.376 e. The molecule has 2 heterocycles. The van der Waals surface area contributed by atoms with Crippen LogP contribution in [0.15, 0.2) is 0 Å². The number of rotatable bonds is 5. The second-order valence-electron chi connectivity index (χ2n) is 7.57. The van der Waals surface area contributed by atoms with Gasteiger partial charge in [-0.1, -0.05) is 6.42 Å². The average Bonchev–Trinajstić information content (AvgIpc) is 2.91. The van der Waals surface area contributed by atoms with Gasteiger partial charge in [0.05, 0.1) is 12.4 Å². The molecule has 2 aliphatic heterocycles. The second kappa shape index (κ2) is 8.22. The monoisotopic (exact) mass is 373 g/mol. The molecule has 2 amide bonds. The molecule has 0 bridgehead atoms. The Morgan fingerprint density at radius 2 is 1.80 bits per heavy atom. The Kier molecular flexibility index (Phi) is 6.22. The molecule has 0 aromatic heterocycles. The molecule has 8 heteroatoms. The molecule has 3 fully saturated rings. The minimum absolute atomic E-state index is 0.0243. The van der Waals surface area contributed by atoms with E-state index in [0.29, 0.717) is 19.6 Å². The van der Waals surface area contributed by atoms with Crippen molar-refractivity contribution in [3.05, 3.63) is 0 Å². The fraction of sp³-hybridized carbons (Fsp3) is 0.941. The van der Waals surface area contributed by atoms with Gasteiger partial charge < -0.3 is 15.0 Å². The van der Waals surface area contributed by atoms with E-state index in [1.165, 1.54) is 6.26 Å². The normalized spacial score (nSPS) is 28.6. The van der Waals surface area contributed by atoms with Gasteiger partial charge in [-0.3, -0.25) is 0 Å². The maximum absolute atomic E-state index is 12.4. The first-order valence-electron chi connectivity index (χ1n) is 9.58. The Balaban J connectivity index is 1.53. The summed E-state index contributed by atoms with van der Waals surface area (Å²) >= 11 is 0. The predicted molar refractivity (Wildman–Crippen MR) is 95.9 cm³/mol. The molecule has 144 valence electrons. The number of hydrogen-bond acceptors (Lipinski definition) is 4. The summed E-state index contributed by atoms with van der Waals surface area (Å²) < 4.78 is 31.8. The van der Waals surface area contributed by atoms with Crippen LogP contribution in [0, 0.1) is 0 Å². The van der Waals surface area contributed by atoms with Crippen LogP contribution in [-0.4, -0.2) is 74.3 Å². The van der Waals surface area contributed by atoms with Crippen molar-refractivity contribution in [2.75, 3.05) is 32.5 Å². The molecule has 1 N–H and O–H groups in total. The highest BCUT2D eigenvalue weighted by Gasteiger charge is 2.37. The Morgan fingerprint density at radius 3 is 2.40 bits per heavy atom. The molecule has 0 radical (unpaired) electrons. The van der Waals surface area contributed by atoms with Gasteiger partial charge in [0.15, 0.2) is 0 Å². The van der Waals surface area contributed by atoms with Gasteiger partial charge in [-0.05, 0) is 44.9 Å². The summed E-state index contributed by atoms with van der Waals surface area (Å²) in [6, 6.07) is 0.141. The number of nitrogens with zero attached hydrogens (tertiary/aromatic N) is 2.